The standard InChI is InChI=1S/C22H22ClN3O5/c1-29-20-12-17(14-24-10-11-30-22-4-2-3-9-25-22)19(23)13-21(20)31-15-16-5-7-18(8-6-16)26(27)28/h2-9,12-13,24H,10-11,14-15H2,1H3. The molecule has 2 aromatic carbocycles. The van der Waals surface area contributed by atoms with Gasteiger partial charge in [0, 0.05) is 48.6 Å². The minimum absolute atomic E-state index is 0.0339. The number of nitro groups is 1. The molecule has 0 bridgehead atoms. The van der Waals surface area contributed by atoms with Crippen molar-refractivity contribution in [3.05, 3.63) is 87.1 Å². The number of pyridine rings is 1. The summed E-state index contributed by atoms with van der Waals surface area (Å²) in [6.07, 6.45) is 1.68. The summed E-state index contributed by atoms with van der Waals surface area (Å²) >= 11 is 6.41. The van der Waals surface area contributed by atoms with Crippen LogP contribution >= 0.6 is 11.6 Å². The van der Waals surface area contributed by atoms with E-state index < -0.39 is 4.92 Å². The fourth-order valence-corrected chi connectivity index (χ4v) is 2.96. The summed E-state index contributed by atoms with van der Waals surface area (Å²) in [5.74, 6) is 1.62. The Hall–Kier alpha value is -3.36. The molecule has 0 aliphatic rings. The number of benzene rings is 2. The van der Waals surface area contributed by atoms with E-state index in [2.05, 4.69) is 10.3 Å². The van der Waals surface area contributed by atoms with Gasteiger partial charge in [0.1, 0.15) is 13.2 Å². The molecular weight excluding hydrogens is 422 g/mol. The van der Waals surface area contributed by atoms with Crippen molar-refractivity contribution in [2.45, 2.75) is 13.2 Å². The van der Waals surface area contributed by atoms with E-state index in [1.54, 1.807) is 37.6 Å². The van der Waals surface area contributed by atoms with Gasteiger partial charge in [-0.25, -0.2) is 4.98 Å². The molecule has 0 radical (unpaired) electrons. The lowest BCUT2D eigenvalue weighted by Crippen LogP contribution is -2.21. The highest BCUT2D eigenvalue weighted by atomic mass is 35.5. The van der Waals surface area contributed by atoms with Crippen LogP contribution in [0.3, 0.4) is 0 Å². The van der Waals surface area contributed by atoms with Crippen LogP contribution in [0.1, 0.15) is 11.1 Å². The molecule has 0 amide bonds. The molecule has 9 heteroatoms. The van der Waals surface area contributed by atoms with Crippen LogP contribution in [0.5, 0.6) is 17.4 Å². The zero-order valence-electron chi connectivity index (χ0n) is 16.9. The van der Waals surface area contributed by atoms with Gasteiger partial charge >= 0.3 is 0 Å². The maximum Gasteiger partial charge on any atom is 0.269 e. The third kappa shape index (κ3) is 6.56. The fraction of sp³-hybridized carbons (Fsp3) is 0.227. The Bertz CT molecular complexity index is 1000. The van der Waals surface area contributed by atoms with Gasteiger partial charge in [0.25, 0.3) is 5.69 Å². The summed E-state index contributed by atoms with van der Waals surface area (Å²) in [4.78, 5) is 14.4. The fourth-order valence-electron chi connectivity index (χ4n) is 2.74. The monoisotopic (exact) mass is 443 g/mol. The SMILES string of the molecule is COc1cc(CNCCOc2ccccn2)c(Cl)cc1OCc1ccc([N+](=O)[O-])cc1. The van der Waals surface area contributed by atoms with E-state index >= 15 is 0 Å². The number of nitro benzene ring substituents is 1. The highest BCUT2D eigenvalue weighted by molar-refractivity contribution is 6.31. The zero-order valence-corrected chi connectivity index (χ0v) is 17.7. The molecule has 0 spiro atoms. The third-order valence-electron chi connectivity index (χ3n) is 4.36. The van der Waals surface area contributed by atoms with Crippen molar-refractivity contribution < 1.29 is 19.1 Å². The van der Waals surface area contributed by atoms with Crippen LogP contribution in [-0.2, 0) is 13.2 Å². The Labute approximate surface area is 184 Å². The average molecular weight is 444 g/mol. The van der Waals surface area contributed by atoms with Gasteiger partial charge in [-0.2, -0.15) is 0 Å². The first kappa shape index (κ1) is 22.3. The molecule has 0 atom stereocenters. The molecule has 1 heterocycles. The normalized spacial score (nSPS) is 10.5. The topological polar surface area (TPSA) is 95.8 Å². The van der Waals surface area contributed by atoms with Crippen molar-refractivity contribution in [1.82, 2.24) is 10.3 Å². The molecular formula is C22H22ClN3O5. The summed E-state index contributed by atoms with van der Waals surface area (Å²) in [7, 11) is 1.56. The number of hydrogen-bond acceptors (Lipinski definition) is 7. The number of hydrogen-bond donors (Lipinski definition) is 1. The number of ether oxygens (including phenoxy) is 3. The highest BCUT2D eigenvalue weighted by Gasteiger charge is 2.12. The van der Waals surface area contributed by atoms with Crippen LogP contribution in [0.15, 0.2) is 60.8 Å². The van der Waals surface area contributed by atoms with Gasteiger partial charge in [0.05, 0.1) is 12.0 Å². The minimum Gasteiger partial charge on any atom is -0.493 e. The first-order valence-corrected chi connectivity index (χ1v) is 9.91. The van der Waals surface area contributed by atoms with E-state index in [1.165, 1.54) is 12.1 Å². The molecule has 0 fully saturated rings. The third-order valence-corrected chi connectivity index (χ3v) is 4.71. The Morgan fingerprint density at radius 3 is 2.58 bits per heavy atom. The van der Waals surface area contributed by atoms with Crippen LogP contribution in [0.2, 0.25) is 5.02 Å². The lowest BCUT2D eigenvalue weighted by atomic mass is 10.2. The number of nitrogens with zero attached hydrogens (tertiary/aromatic N) is 2. The first-order chi connectivity index (χ1) is 15.1. The number of aromatic nitrogens is 1. The maximum atomic E-state index is 10.7. The largest absolute Gasteiger partial charge is 0.493 e. The molecule has 3 rings (SSSR count). The highest BCUT2D eigenvalue weighted by Crippen LogP contribution is 2.34. The van der Waals surface area contributed by atoms with Crippen LogP contribution < -0.4 is 19.5 Å². The Kier molecular flexibility index (Phi) is 8.03. The summed E-state index contributed by atoms with van der Waals surface area (Å²) in [5, 5.41) is 14.6. The van der Waals surface area contributed by atoms with Crippen LogP contribution in [0.4, 0.5) is 5.69 Å². The minimum atomic E-state index is -0.440. The molecule has 31 heavy (non-hydrogen) atoms. The summed E-state index contributed by atoms with van der Waals surface area (Å²) in [6, 6.07) is 15.2. The van der Waals surface area contributed by atoms with E-state index in [-0.39, 0.29) is 12.3 Å². The lowest BCUT2D eigenvalue weighted by molar-refractivity contribution is -0.384. The number of methoxy groups -OCH3 is 1. The molecule has 0 unspecified atom stereocenters. The number of rotatable bonds is 11. The van der Waals surface area contributed by atoms with Crippen molar-refractivity contribution in [3.8, 4) is 17.4 Å². The molecule has 0 saturated heterocycles. The van der Waals surface area contributed by atoms with Crippen molar-refractivity contribution in [3.63, 3.8) is 0 Å². The predicted molar refractivity (Wildman–Crippen MR) is 117 cm³/mol. The number of halogens is 1. The van der Waals surface area contributed by atoms with Crippen molar-refractivity contribution in [1.29, 1.82) is 0 Å². The van der Waals surface area contributed by atoms with Gasteiger partial charge < -0.3 is 19.5 Å². The molecule has 0 aliphatic carbocycles. The van der Waals surface area contributed by atoms with Gasteiger partial charge in [0.2, 0.25) is 5.88 Å². The van der Waals surface area contributed by atoms with E-state index in [0.29, 0.717) is 42.1 Å². The second-order valence-corrected chi connectivity index (χ2v) is 6.91. The molecule has 0 saturated carbocycles. The molecule has 8 nitrogen and oxygen atoms in total. The van der Waals surface area contributed by atoms with E-state index in [4.69, 9.17) is 25.8 Å². The molecule has 162 valence electrons. The second kappa shape index (κ2) is 11.1. The van der Waals surface area contributed by atoms with Gasteiger partial charge in [-0.05, 0) is 35.4 Å². The van der Waals surface area contributed by atoms with E-state index in [1.807, 2.05) is 18.2 Å². The van der Waals surface area contributed by atoms with Crippen molar-refractivity contribution >= 4 is 17.3 Å². The number of non-ortho nitro benzene ring substituents is 1. The Morgan fingerprint density at radius 1 is 1.10 bits per heavy atom. The molecule has 3 aromatic rings. The molecule has 0 aliphatic heterocycles. The average Bonchev–Trinajstić information content (AvgIpc) is 2.79. The summed E-state index contributed by atoms with van der Waals surface area (Å²) < 4.78 is 16.8. The summed E-state index contributed by atoms with van der Waals surface area (Å²) in [5.41, 5.74) is 1.69. The first-order valence-electron chi connectivity index (χ1n) is 9.54. The van der Waals surface area contributed by atoms with E-state index in [0.717, 1.165) is 11.1 Å². The smallest absolute Gasteiger partial charge is 0.269 e. The lowest BCUT2D eigenvalue weighted by Gasteiger charge is -2.14. The predicted octanol–water partition coefficient (Wildman–Crippen LogP) is 4.40. The van der Waals surface area contributed by atoms with Gasteiger partial charge in [-0.15, -0.1) is 0 Å². The quantitative estimate of drug-likeness (QED) is 0.266. The van der Waals surface area contributed by atoms with Crippen LogP contribution in [-0.4, -0.2) is 30.2 Å². The Morgan fingerprint density at radius 2 is 1.90 bits per heavy atom. The Balaban J connectivity index is 1.53. The van der Waals surface area contributed by atoms with Crippen LogP contribution in [0.25, 0.3) is 0 Å². The molecule has 1 aromatic heterocycles. The maximum absolute atomic E-state index is 10.7. The van der Waals surface area contributed by atoms with Crippen molar-refractivity contribution in [2.24, 2.45) is 0 Å². The van der Waals surface area contributed by atoms with E-state index in [9.17, 15) is 10.1 Å². The summed E-state index contributed by atoms with van der Waals surface area (Å²) in [6.45, 7) is 1.85. The van der Waals surface area contributed by atoms with Crippen molar-refractivity contribution in [2.75, 3.05) is 20.3 Å². The number of nitrogens with one attached hydrogen (secondary N) is 1. The van der Waals surface area contributed by atoms with Gasteiger partial charge in [-0.1, -0.05) is 17.7 Å². The molecule has 1 N–H and O–H groups in total. The van der Waals surface area contributed by atoms with Gasteiger partial charge in [0.15, 0.2) is 11.5 Å². The van der Waals surface area contributed by atoms with Crippen LogP contribution in [0, 0.1) is 10.1 Å². The van der Waals surface area contributed by atoms with Gasteiger partial charge in [-0.3, -0.25) is 10.1 Å². The zero-order chi connectivity index (χ0) is 22.1. The second-order valence-electron chi connectivity index (χ2n) is 6.50.